The second-order valence-corrected chi connectivity index (χ2v) is 8.43. The van der Waals surface area contributed by atoms with Gasteiger partial charge in [-0.25, -0.2) is 4.72 Å². The van der Waals surface area contributed by atoms with E-state index in [1.807, 2.05) is 13.8 Å². The Bertz CT molecular complexity index is 403. The van der Waals surface area contributed by atoms with Crippen LogP contribution in [0.15, 0.2) is 0 Å². The lowest BCUT2D eigenvalue weighted by Crippen LogP contribution is -2.55. The van der Waals surface area contributed by atoms with Gasteiger partial charge in [0.2, 0.25) is 0 Å². The third-order valence-electron chi connectivity index (χ3n) is 4.36. The third-order valence-corrected chi connectivity index (χ3v) is 6.07. The van der Waals surface area contributed by atoms with Gasteiger partial charge in [-0.15, -0.1) is 0 Å². The van der Waals surface area contributed by atoms with Crippen molar-refractivity contribution >= 4 is 10.2 Å². The van der Waals surface area contributed by atoms with E-state index in [1.165, 1.54) is 4.31 Å². The zero-order chi connectivity index (χ0) is 16.2. The van der Waals surface area contributed by atoms with Crippen LogP contribution in [-0.2, 0) is 10.2 Å². The lowest BCUT2D eigenvalue weighted by atomic mass is 10.0. The Labute approximate surface area is 130 Å². The Kier molecular flexibility index (Phi) is 7.06. The molecular weight excluding hydrogens is 288 g/mol. The van der Waals surface area contributed by atoms with E-state index in [-0.39, 0.29) is 12.1 Å². The third kappa shape index (κ3) is 5.49. The highest BCUT2D eigenvalue weighted by atomic mass is 32.2. The SMILES string of the molecule is CC(C)[C@H](CNS(=O)(=O)N(C)C(C)C)N1CCN(C)CC1. The monoisotopic (exact) mass is 320 g/mol. The highest BCUT2D eigenvalue weighted by Crippen LogP contribution is 2.13. The molecule has 0 unspecified atom stereocenters. The molecule has 1 rings (SSSR count). The summed E-state index contributed by atoms with van der Waals surface area (Å²) in [6, 6.07) is 0.206. The Morgan fingerprint density at radius 2 is 1.62 bits per heavy atom. The van der Waals surface area contributed by atoms with Gasteiger partial charge in [-0.1, -0.05) is 13.8 Å². The fourth-order valence-electron chi connectivity index (χ4n) is 2.51. The molecule has 6 nitrogen and oxygen atoms in total. The number of hydrogen-bond acceptors (Lipinski definition) is 4. The van der Waals surface area contributed by atoms with Crippen LogP contribution in [0.1, 0.15) is 27.7 Å². The quantitative estimate of drug-likeness (QED) is 0.739. The van der Waals surface area contributed by atoms with Gasteiger partial charge in [0.1, 0.15) is 0 Å². The van der Waals surface area contributed by atoms with Crippen LogP contribution < -0.4 is 4.72 Å². The summed E-state index contributed by atoms with van der Waals surface area (Å²) in [7, 11) is 0.354. The molecule has 0 spiro atoms. The topological polar surface area (TPSA) is 55.9 Å². The van der Waals surface area contributed by atoms with Crippen molar-refractivity contribution in [3.05, 3.63) is 0 Å². The second-order valence-electron chi connectivity index (χ2n) is 6.61. The second kappa shape index (κ2) is 7.87. The Morgan fingerprint density at radius 3 is 2.05 bits per heavy atom. The summed E-state index contributed by atoms with van der Waals surface area (Å²) in [6.07, 6.45) is 0. The first-order valence-corrected chi connectivity index (χ1v) is 9.24. The fourth-order valence-corrected chi connectivity index (χ4v) is 3.65. The lowest BCUT2D eigenvalue weighted by molar-refractivity contribution is 0.0902. The minimum absolute atomic E-state index is 0.0383. The highest BCUT2D eigenvalue weighted by Gasteiger charge is 2.28. The summed E-state index contributed by atoms with van der Waals surface area (Å²) in [5.41, 5.74) is 0. The molecule has 0 aromatic carbocycles. The molecule has 21 heavy (non-hydrogen) atoms. The molecular formula is C14H32N4O2S. The van der Waals surface area contributed by atoms with Crippen LogP contribution in [-0.4, -0.2) is 81.4 Å². The van der Waals surface area contributed by atoms with Gasteiger partial charge in [0.05, 0.1) is 0 Å². The molecule has 126 valence electrons. The molecule has 1 aliphatic rings. The van der Waals surface area contributed by atoms with Gasteiger partial charge >= 0.3 is 0 Å². The summed E-state index contributed by atoms with van der Waals surface area (Å²) < 4.78 is 28.6. The molecule has 0 bridgehead atoms. The van der Waals surface area contributed by atoms with E-state index in [9.17, 15) is 8.42 Å². The van der Waals surface area contributed by atoms with E-state index >= 15 is 0 Å². The molecule has 0 aromatic heterocycles. The molecule has 0 aliphatic carbocycles. The summed E-state index contributed by atoms with van der Waals surface area (Å²) in [5, 5.41) is 0. The van der Waals surface area contributed by atoms with Crippen molar-refractivity contribution in [2.24, 2.45) is 5.92 Å². The van der Waals surface area contributed by atoms with Crippen molar-refractivity contribution in [1.82, 2.24) is 18.8 Å². The smallest absolute Gasteiger partial charge is 0.279 e. The molecule has 1 N–H and O–H groups in total. The summed E-state index contributed by atoms with van der Waals surface area (Å²) in [4.78, 5) is 4.72. The first kappa shape index (κ1) is 18.8. The van der Waals surface area contributed by atoms with Crippen molar-refractivity contribution in [1.29, 1.82) is 0 Å². The van der Waals surface area contributed by atoms with Crippen molar-refractivity contribution in [2.45, 2.75) is 39.8 Å². The van der Waals surface area contributed by atoms with E-state index in [0.29, 0.717) is 12.5 Å². The minimum atomic E-state index is -3.39. The van der Waals surface area contributed by atoms with E-state index in [1.54, 1.807) is 7.05 Å². The maximum Gasteiger partial charge on any atom is 0.279 e. The Morgan fingerprint density at radius 1 is 1.10 bits per heavy atom. The van der Waals surface area contributed by atoms with Gasteiger partial charge in [0, 0.05) is 51.9 Å². The standard InChI is InChI=1S/C14H32N4O2S/c1-12(2)14(18-9-7-16(5)8-10-18)11-15-21(19,20)17(6)13(3)4/h12-15H,7-11H2,1-6H3/t14-/m0/s1. The minimum Gasteiger partial charge on any atom is -0.304 e. The Hall–Kier alpha value is -0.210. The maximum absolute atomic E-state index is 12.2. The van der Waals surface area contributed by atoms with Crippen LogP contribution >= 0.6 is 0 Å². The molecule has 0 radical (unpaired) electrons. The van der Waals surface area contributed by atoms with Crippen molar-refractivity contribution in [2.75, 3.05) is 46.8 Å². The molecule has 0 saturated carbocycles. The first-order chi connectivity index (χ1) is 9.65. The van der Waals surface area contributed by atoms with Crippen molar-refractivity contribution in [3.8, 4) is 0 Å². The van der Waals surface area contributed by atoms with E-state index in [2.05, 4.69) is 35.4 Å². The van der Waals surface area contributed by atoms with Gasteiger partial charge in [0.15, 0.2) is 0 Å². The highest BCUT2D eigenvalue weighted by molar-refractivity contribution is 7.87. The predicted molar refractivity (Wildman–Crippen MR) is 87.5 cm³/mol. The van der Waals surface area contributed by atoms with E-state index in [4.69, 9.17) is 0 Å². The van der Waals surface area contributed by atoms with Crippen LogP contribution in [0.25, 0.3) is 0 Å². The van der Waals surface area contributed by atoms with Crippen LogP contribution in [0.3, 0.4) is 0 Å². The number of nitrogens with one attached hydrogen (secondary N) is 1. The molecule has 1 heterocycles. The molecule has 1 aliphatic heterocycles. The van der Waals surface area contributed by atoms with Gasteiger partial charge < -0.3 is 4.90 Å². The predicted octanol–water partition coefficient (Wildman–Crippen LogP) is 0.433. The number of likely N-dealkylation sites (N-methyl/N-ethyl adjacent to an activating group) is 1. The number of nitrogens with zero attached hydrogens (tertiary/aromatic N) is 3. The molecule has 7 heteroatoms. The fraction of sp³-hybridized carbons (Fsp3) is 1.00. The van der Waals surface area contributed by atoms with Crippen LogP contribution in [0.4, 0.5) is 0 Å². The average molecular weight is 321 g/mol. The molecule has 1 atom stereocenters. The summed E-state index contributed by atoms with van der Waals surface area (Å²) in [6.45, 7) is 12.6. The zero-order valence-corrected chi connectivity index (χ0v) is 15.2. The van der Waals surface area contributed by atoms with Crippen LogP contribution in [0, 0.1) is 5.92 Å². The molecule has 0 amide bonds. The maximum atomic E-state index is 12.2. The molecule has 1 fully saturated rings. The number of hydrogen-bond donors (Lipinski definition) is 1. The van der Waals surface area contributed by atoms with Crippen molar-refractivity contribution in [3.63, 3.8) is 0 Å². The van der Waals surface area contributed by atoms with E-state index < -0.39 is 10.2 Å². The van der Waals surface area contributed by atoms with Gasteiger partial charge in [0.25, 0.3) is 10.2 Å². The largest absolute Gasteiger partial charge is 0.304 e. The van der Waals surface area contributed by atoms with Crippen molar-refractivity contribution < 1.29 is 8.42 Å². The zero-order valence-electron chi connectivity index (χ0n) is 14.3. The summed E-state index contributed by atoms with van der Waals surface area (Å²) in [5.74, 6) is 0.417. The van der Waals surface area contributed by atoms with Gasteiger partial charge in [-0.2, -0.15) is 12.7 Å². The lowest BCUT2D eigenvalue weighted by Gasteiger charge is -2.40. The molecule has 0 aromatic rings. The van der Waals surface area contributed by atoms with Gasteiger partial charge in [-0.3, -0.25) is 4.90 Å². The first-order valence-electron chi connectivity index (χ1n) is 7.80. The van der Waals surface area contributed by atoms with Gasteiger partial charge in [-0.05, 0) is 26.8 Å². The Balaban J connectivity index is 2.63. The normalized spacial score (nSPS) is 20.6. The molecule has 1 saturated heterocycles. The number of piperazine rings is 1. The number of rotatable bonds is 7. The average Bonchev–Trinajstić information content (AvgIpc) is 2.39. The van der Waals surface area contributed by atoms with Crippen LogP contribution in [0.5, 0.6) is 0 Å². The van der Waals surface area contributed by atoms with Crippen LogP contribution in [0.2, 0.25) is 0 Å². The summed E-state index contributed by atoms with van der Waals surface area (Å²) >= 11 is 0. The van der Waals surface area contributed by atoms with E-state index in [0.717, 1.165) is 26.2 Å².